The number of rotatable bonds is 3. The molecule has 0 unspecified atom stereocenters. The Morgan fingerprint density at radius 3 is 2.50 bits per heavy atom. The molecule has 12 heteroatoms. The quantitative estimate of drug-likeness (QED) is 0.813. The summed E-state index contributed by atoms with van der Waals surface area (Å²) < 4.78 is 60.3. The number of nitrogens with zero attached hydrogens (tertiary/aromatic N) is 5. The lowest BCUT2D eigenvalue weighted by molar-refractivity contribution is 0.0411. The van der Waals surface area contributed by atoms with Crippen LogP contribution in [0.3, 0.4) is 0 Å². The average molecular weight is 416 g/mol. The van der Waals surface area contributed by atoms with Crippen molar-refractivity contribution < 1.29 is 21.7 Å². The number of alkyl halides is 2. The molecule has 2 aromatic rings. The highest BCUT2D eigenvalue weighted by Gasteiger charge is 2.82. The molecule has 0 radical (unpaired) electrons. The minimum absolute atomic E-state index is 0.00903. The van der Waals surface area contributed by atoms with E-state index in [0.717, 1.165) is 4.31 Å². The van der Waals surface area contributed by atoms with Crippen LogP contribution in [-0.4, -0.2) is 51.7 Å². The van der Waals surface area contributed by atoms with Crippen molar-refractivity contribution >= 4 is 10.2 Å². The first-order valence-corrected chi connectivity index (χ1v) is 10.4. The third kappa shape index (κ3) is 2.77. The second kappa shape index (κ2) is 5.80. The minimum Gasteiger partial charge on any atom is -0.332 e. The molecule has 4 rings (SSSR count). The van der Waals surface area contributed by atoms with Crippen molar-refractivity contribution in [1.29, 1.82) is 0 Å². The summed E-state index contributed by atoms with van der Waals surface area (Å²) in [5.41, 5.74) is -1.16. The predicted molar refractivity (Wildman–Crippen MR) is 94.6 cm³/mol. The van der Waals surface area contributed by atoms with Crippen molar-refractivity contribution in [3.63, 3.8) is 0 Å². The molecule has 1 atom stereocenters. The first kappa shape index (κ1) is 19.4. The highest BCUT2D eigenvalue weighted by atomic mass is 32.2. The van der Waals surface area contributed by atoms with Crippen molar-refractivity contribution in [2.75, 3.05) is 13.1 Å². The van der Waals surface area contributed by atoms with Crippen LogP contribution in [0.5, 0.6) is 0 Å². The Morgan fingerprint density at radius 1 is 1.29 bits per heavy atom. The molecule has 3 heterocycles. The van der Waals surface area contributed by atoms with Gasteiger partial charge < -0.3 is 4.52 Å². The zero-order chi connectivity index (χ0) is 20.5. The second-order valence-electron chi connectivity index (χ2n) is 8.41. The topological polar surface area (TPSA) is 120 Å². The summed E-state index contributed by atoms with van der Waals surface area (Å²) in [5, 5.41) is 13.2. The molecule has 9 nitrogen and oxygen atoms in total. The fourth-order valence-corrected chi connectivity index (χ4v) is 4.83. The van der Waals surface area contributed by atoms with E-state index in [-0.39, 0.29) is 43.2 Å². The lowest BCUT2D eigenvalue weighted by Crippen LogP contribution is -2.43. The average Bonchev–Trinajstić information content (AvgIpc) is 3.06. The number of hydrogen-bond acceptors (Lipinski definition) is 6. The molecule has 28 heavy (non-hydrogen) atoms. The predicted octanol–water partition coefficient (Wildman–Crippen LogP) is 1.71. The molecule has 2 fully saturated rings. The molecule has 0 amide bonds. The third-order valence-electron chi connectivity index (χ3n) is 5.67. The summed E-state index contributed by atoms with van der Waals surface area (Å²) in [5.74, 6) is -4.16. The smallest absolute Gasteiger partial charge is 0.276 e. The van der Waals surface area contributed by atoms with Gasteiger partial charge in [-0.25, -0.2) is 13.9 Å². The lowest BCUT2D eigenvalue weighted by Gasteiger charge is -2.30. The summed E-state index contributed by atoms with van der Waals surface area (Å²) in [6.07, 6.45) is 1.57. The molecule has 0 bridgehead atoms. The molecule has 2 aromatic heterocycles. The van der Waals surface area contributed by atoms with Gasteiger partial charge in [-0.05, 0) is 39.7 Å². The van der Waals surface area contributed by atoms with Gasteiger partial charge in [0.05, 0.1) is 16.9 Å². The minimum atomic E-state index is -3.88. The van der Waals surface area contributed by atoms with Gasteiger partial charge in [-0.1, -0.05) is 5.16 Å². The fraction of sp³-hybridized carbons (Fsp3) is 0.688. The van der Waals surface area contributed by atoms with E-state index >= 15 is 0 Å². The molecule has 154 valence electrons. The van der Waals surface area contributed by atoms with Crippen LogP contribution < -0.4 is 5.14 Å². The van der Waals surface area contributed by atoms with Gasteiger partial charge in [0.2, 0.25) is 0 Å². The molecular weight excluding hydrogens is 394 g/mol. The fourth-order valence-electron chi connectivity index (χ4n) is 4.14. The highest BCUT2D eigenvalue weighted by Crippen LogP contribution is 2.75. The van der Waals surface area contributed by atoms with E-state index in [1.807, 2.05) is 20.8 Å². The van der Waals surface area contributed by atoms with Crippen molar-refractivity contribution in [1.82, 2.24) is 24.2 Å². The first-order chi connectivity index (χ1) is 12.9. The van der Waals surface area contributed by atoms with E-state index in [1.54, 1.807) is 16.9 Å². The molecule has 0 aromatic carbocycles. The standard InChI is InChI=1S/C16H22F2N6O3S/c1-14(2,3)24-10(4-7-20-24)13-21-12(22-27-13)11-15(16(11,17)18)5-8-23(9-6-15)28(19,25)26/h4,7,11H,5-6,8-9H2,1-3H3,(H2,19,25,26)/t11-/m0/s1. The Bertz CT molecular complexity index is 1000. The molecule has 2 aliphatic rings. The summed E-state index contributed by atoms with van der Waals surface area (Å²) in [6, 6.07) is 1.69. The second-order valence-corrected chi connectivity index (χ2v) is 9.96. The van der Waals surface area contributed by atoms with Crippen LogP contribution in [0.25, 0.3) is 11.6 Å². The largest absolute Gasteiger partial charge is 0.332 e. The summed E-state index contributed by atoms with van der Waals surface area (Å²) in [6.45, 7) is 5.75. The Labute approximate surface area is 161 Å². The number of halogens is 2. The van der Waals surface area contributed by atoms with Gasteiger partial charge in [0.25, 0.3) is 22.0 Å². The van der Waals surface area contributed by atoms with Crippen molar-refractivity contribution in [3.05, 3.63) is 18.1 Å². The molecule has 1 spiro atoms. The molecule has 1 aliphatic carbocycles. The SMILES string of the molecule is CC(C)(C)n1nccc1-c1nc([C@@H]2C(F)(F)C23CCN(S(N)(=O)=O)CC3)no1. The van der Waals surface area contributed by atoms with Gasteiger partial charge in [0.1, 0.15) is 5.69 Å². The number of piperidine rings is 1. The summed E-state index contributed by atoms with van der Waals surface area (Å²) in [4.78, 5) is 4.23. The van der Waals surface area contributed by atoms with Crippen molar-refractivity contribution in [2.45, 2.75) is 51.0 Å². The van der Waals surface area contributed by atoms with Gasteiger partial charge in [-0.2, -0.15) is 22.8 Å². The van der Waals surface area contributed by atoms with Crippen LogP contribution >= 0.6 is 0 Å². The Kier molecular flexibility index (Phi) is 4.02. The van der Waals surface area contributed by atoms with Crippen molar-refractivity contribution in [2.24, 2.45) is 10.6 Å². The van der Waals surface area contributed by atoms with Crippen LogP contribution in [-0.2, 0) is 15.7 Å². The third-order valence-corrected chi connectivity index (χ3v) is 6.75. The van der Waals surface area contributed by atoms with Gasteiger partial charge in [-0.15, -0.1) is 0 Å². The molecular formula is C16H22F2N6O3S. The number of nitrogens with two attached hydrogens (primary N) is 1. The van der Waals surface area contributed by atoms with Gasteiger partial charge in [0.15, 0.2) is 5.82 Å². The maximum Gasteiger partial charge on any atom is 0.276 e. The van der Waals surface area contributed by atoms with E-state index < -0.39 is 27.5 Å². The Hall–Kier alpha value is -1.92. The van der Waals surface area contributed by atoms with E-state index in [2.05, 4.69) is 15.2 Å². The molecule has 2 N–H and O–H groups in total. The van der Waals surface area contributed by atoms with Gasteiger partial charge in [-0.3, -0.25) is 4.68 Å². The zero-order valence-electron chi connectivity index (χ0n) is 15.8. The van der Waals surface area contributed by atoms with Gasteiger partial charge >= 0.3 is 0 Å². The monoisotopic (exact) mass is 416 g/mol. The van der Waals surface area contributed by atoms with Crippen LogP contribution in [0.2, 0.25) is 0 Å². The van der Waals surface area contributed by atoms with Crippen LogP contribution in [0.4, 0.5) is 8.78 Å². The zero-order valence-corrected chi connectivity index (χ0v) is 16.6. The van der Waals surface area contributed by atoms with E-state index in [4.69, 9.17) is 9.66 Å². The van der Waals surface area contributed by atoms with E-state index in [9.17, 15) is 17.2 Å². The Morgan fingerprint density at radius 2 is 1.93 bits per heavy atom. The summed E-state index contributed by atoms with van der Waals surface area (Å²) in [7, 11) is -3.88. The maximum absolute atomic E-state index is 14.7. The first-order valence-electron chi connectivity index (χ1n) is 8.92. The number of aromatic nitrogens is 4. The summed E-state index contributed by atoms with van der Waals surface area (Å²) >= 11 is 0. The van der Waals surface area contributed by atoms with Crippen LogP contribution in [0, 0.1) is 5.41 Å². The molecule has 1 saturated carbocycles. The van der Waals surface area contributed by atoms with E-state index in [0.29, 0.717) is 5.69 Å². The normalized spacial score (nSPS) is 24.6. The van der Waals surface area contributed by atoms with E-state index in [1.165, 1.54) is 0 Å². The maximum atomic E-state index is 14.7. The number of hydrogen-bond donors (Lipinski definition) is 1. The van der Waals surface area contributed by atoms with Crippen LogP contribution in [0.1, 0.15) is 45.4 Å². The molecule has 1 saturated heterocycles. The molecule has 1 aliphatic heterocycles. The van der Waals surface area contributed by atoms with Gasteiger partial charge in [0, 0.05) is 19.3 Å². The highest BCUT2D eigenvalue weighted by molar-refractivity contribution is 7.86. The Balaban J connectivity index is 1.60. The van der Waals surface area contributed by atoms with Crippen LogP contribution in [0.15, 0.2) is 16.8 Å². The van der Waals surface area contributed by atoms with Crippen molar-refractivity contribution in [3.8, 4) is 11.6 Å². The lowest BCUT2D eigenvalue weighted by atomic mass is 9.91.